The Kier molecular flexibility index (Phi) is 5.16. The van der Waals surface area contributed by atoms with E-state index in [1.807, 2.05) is 28.9 Å². The number of halogens is 1. The summed E-state index contributed by atoms with van der Waals surface area (Å²) in [6, 6.07) is 10.5. The second-order valence-corrected chi connectivity index (χ2v) is 6.79. The lowest BCUT2D eigenvalue weighted by atomic mass is 10.1. The minimum Gasteiger partial charge on any atom is -0.493 e. The van der Waals surface area contributed by atoms with E-state index in [1.165, 1.54) is 0 Å². The van der Waals surface area contributed by atoms with E-state index in [9.17, 15) is 4.79 Å². The third-order valence-corrected chi connectivity index (χ3v) is 4.86. The maximum absolute atomic E-state index is 11.4. The van der Waals surface area contributed by atoms with Gasteiger partial charge in [0, 0.05) is 35.9 Å². The Hall–Kier alpha value is -3.78. The Labute approximate surface area is 177 Å². The molecule has 0 spiro atoms. The lowest BCUT2D eigenvalue weighted by molar-refractivity contribution is 0.100. The molecule has 0 saturated carbocycles. The lowest BCUT2D eigenvalue weighted by Crippen LogP contribution is -2.11. The van der Waals surface area contributed by atoms with Crippen LogP contribution in [0, 0.1) is 0 Å². The van der Waals surface area contributed by atoms with Crippen molar-refractivity contribution in [2.24, 2.45) is 5.73 Å². The van der Waals surface area contributed by atoms with Crippen LogP contribution in [0.4, 0.5) is 11.5 Å². The molecule has 4 aromatic rings. The zero-order valence-electron chi connectivity index (χ0n) is 16.2. The molecule has 152 valence electrons. The molecule has 0 unspecified atom stereocenters. The highest BCUT2D eigenvalue weighted by molar-refractivity contribution is 6.34. The largest absolute Gasteiger partial charge is 0.493 e. The van der Waals surface area contributed by atoms with Crippen LogP contribution in [-0.2, 0) is 0 Å². The van der Waals surface area contributed by atoms with Crippen LogP contribution in [0.15, 0.2) is 55.0 Å². The summed E-state index contributed by atoms with van der Waals surface area (Å²) in [6.07, 6.45) is 5.33. The van der Waals surface area contributed by atoms with Crippen molar-refractivity contribution in [2.75, 3.05) is 19.5 Å². The van der Waals surface area contributed by atoms with E-state index >= 15 is 0 Å². The Morgan fingerprint density at radius 2 is 1.93 bits per heavy atom. The molecular formula is C21H18ClN5O3. The molecule has 0 radical (unpaired) electrons. The van der Waals surface area contributed by atoms with Crippen molar-refractivity contribution in [2.45, 2.75) is 0 Å². The average Bonchev–Trinajstić information content (AvgIpc) is 3.22. The third-order valence-electron chi connectivity index (χ3n) is 4.55. The summed E-state index contributed by atoms with van der Waals surface area (Å²) < 4.78 is 12.5. The third kappa shape index (κ3) is 3.60. The van der Waals surface area contributed by atoms with Crippen molar-refractivity contribution in [1.82, 2.24) is 14.4 Å². The van der Waals surface area contributed by atoms with Crippen molar-refractivity contribution in [3.05, 3.63) is 65.6 Å². The Balaban J connectivity index is 1.77. The normalized spacial score (nSPS) is 10.8. The Morgan fingerprint density at radius 3 is 2.63 bits per heavy atom. The van der Waals surface area contributed by atoms with Gasteiger partial charge in [0.15, 0.2) is 23.0 Å². The fourth-order valence-corrected chi connectivity index (χ4v) is 3.35. The second kappa shape index (κ2) is 7.92. The van der Waals surface area contributed by atoms with Gasteiger partial charge >= 0.3 is 0 Å². The van der Waals surface area contributed by atoms with Gasteiger partial charge in [0.2, 0.25) is 5.91 Å². The molecule has 0 fully saturated rings. The van der Waals surface area contributed by atoms with Crippen molar-refractivity contribution in [3.8, 4) is 22.8 Å². The number of hydrogen-bond acceptors (Lipinski definition) is 6. The molecule has 0 saturated heterocycles. The molecule has 9 heteroatoms. The van der Waals surface area contributed by atoms with Crippen molar-refractivity contribution in [1.29, 1.82) is 0 Å². The second-order valence-electron chi connectivity index (χ2n) is 6.39. The summed E-state index contributed by atoms with van der Waals surface area (Å²) in [5.74, 6) is 1.17. The molecular weight excluding hydrogens is 406 g/mol. The first-order chi connectivity index (χ1) is 14.5. The highest BCUT2D eigenvalue weighted by Crippen LogP contribution is 2.32. The fraction of sp³-hybridized carbons (Fsp3) is 0.0952. The number of methoxy groups -OCH3 is 2. The van der Waals surface area contributed by atoms with Gasteiger partial charge in [-0.25, -0.2) is 9.97 Å². The maximum Gasteiger partial charge on any atom is 0.250 e. The van der Waals surface area contributed by atoms with E-state index in [-0.39, 0.29) is 10.6 Å². The highest BCUT2D eigenvalue weighted by Gasteiger charge is 2.13. The van der Waals surface area contributed by atoms with Crippen molar-refractivity contribution >= 4 is 34.7 Å². The van der Waals surface area contributed by atoms with Crippen LogP contribution in [-0.4, -0.2) is 34.5 Å². The molecule has 3 N–H and O–H groups in total. The average molecular weight is 424 g/mol. The number of hydrogen-bond donors (Lipinski definition) is 2. The fourth-order valence-electron chi connectivity index (χ4n) is 3.08. The van der Waals surface area contributed by atoms with E-state index in [4.69, 9.17) is 31.8 Å². The first kappa shape index (κ1) is 19.5. The topological polar surface area (TPSA) is 104 Å². The predicted octanol–water partition coefficient (Wildman–Crippen LogP) is 3.91. The molecule has 8 nitrogen and oxygen atoms in total. The Morgan fingerprint density at radius 1 is 1.13 bits per heavy atom. The number of imidazole rings is 1. The molecule has 30 heavy (non-hydrogen) atoms. The SMILES string of the molecule is COc1ccc(Nc2nc(-c3ccc(C(N)=O)c(Cl)c3)cn3ccnc23)cc1OC. The monoisotopic (exact) mass is 423 g/mol. The number of anilines is 2. The molecule has 4 rings (SSSR count). The first-order valence-corrected chi connectivity index (χ1v) is 9.30. The molecule has 2 aromatic heterocycles. The number of fused-ring (bicyclic) bond motifs is 1. The number of nitrogens with one attached hydrogen (secondary N) is 1. The Bertz CT molecular complexity index is 1250. The number of carbonyl (C=O) groups excluding carboxylic acids is 1. The summed E-state index contributed by atoms with van der Waals surface area (Å²) in [7, 11) is 3.16. The summed E-state index contributed by atoms with van der Waals surface area (Å²) >= 11 is 6.21. The van der Waals surface area contributed by atoms with Gasteiger partial charge in [-0.05, 0) is 24.3 Å². The van der Waals surface area contributed by atoms with Crippen molar-refractivity contribution < 1.29 is 14.3 Å². The number of carbonyl (C=O) groups is 1. The lowest BCUT2D eigenvalue weighted by Gasteiger charge is -2.13. The van der Waals surface area contributed by atoms with E-state index in [1.54, 1.807) is 44.7 Å². The highest BCUT2D eigenvalue weighted by atomic mass is 35.5. The molecule has 2 heterocycles. The number of nitrogens with zero attached hydrogens (tertiary/aromatic N) is 3. The van der Waals surface area contributed by atoms with Crippen LogP contribution in [0.2, 0.25) is 5.02 Å². The standard InChI is InChI=1S/C21H18ClN5O3/c1-29-17-6-4-13(10-18(17)30-2)25-20-21-24-7-8-27(21)11-16(26-20)12-3-5-14(19(23)28)15(22)9-12/h3-11H,1-2H3,(H2,23,28)(H,25,26). The minimum absolute atomic E-state index is 0.257. The predicted molar refractivity (Wildman–Crippen MR) is 115 cm³/mol. The number of aromatic nitrogens is 3. The summed E-state index contributed by atoms with van der Waals surface area (Å²) in [5.41, 5.74) is 8.37. The number of benzene rings is 2. The summed E-state index contributed by atoms with van der Waals surface area (Å²) in [4.78, 5) is 20.5. The maximum atomic E-state index is 11.4. The summed E-state index contributed by atoms with van der Waals surface area (Å²) in [6.45, 7) is 0. The molecule has 0 aliphatic carbocycles. The zero-order valence-corrected chi connectivity index (χ0v) is 17.0. The quantitative estimate of drug-likeness (QED) is 0.487. The van der Waals surface area contributed by atoms with Gasteiger partial charge < -0.3 is 24.9 Å². The van der Waals surface area contributed by atoms with Gasteiger partial charge in [0.1, 0.15) is 0 Å². The molecule has 0 atom stereocenters. The molecule has 1 amide bonds. The van der Waals surface area contributed by atoms with E-state index in [0.29, 0.717) is 28.7 Å². The van der Waals surface area contributed by atoms with E-state index in [0.717, 1.165) is 11.3 Å². The van der Waals surface area contributed by atoms with Crippen LogP contribution in [0.25, 0.3) is 16.9 Å². The van der Waals surface area contributed by atoms with Gasteiger partial charge in [-0.3, -0.25) is 4.79 Å². The molecule has 0 bridgehead atoms. The van der Waals surface area contributed by atoms with Crippen LogP contribution in [0.3, 0.4) is 0 Å². The molecule has 0 aliphatic heterocycles. The smallest absolute Gasteiger partial charge is 0.250 e. The van der Waals surface area contributed by atoms with Crippen molar-refractivity contribution in [3.63, 3.8) is 0 Å². The van der Waals surface area contributed by atoms with Gasteiger partial charge in [-0.2, -0.15) is 0 Å². The van der Waals surface area contributed by atoms with Crippen LogP contribution < -0.4 is 20.5 Å². The van der Waals surface area contributed by atoms with E-state index in [2.05, 4.69) is 10.3 Å². The number of ether oxygens (including phenoxy) is 2. The zero-order chi connectivity index (χ0) is 21.3. The van der Waals surface area contributed by atoms with Crippen LogP contribution in [0.1, 0.15) is 10.4 Å². The van der Waals surface area contributed by atoms with Gasteiger partial charge in [0.05, 0.1) is 30.5 Å². The first-order valence-electron chi connectivity index (χ1n) is 8.92. The number of primary amides is 1. The van der Waals surface area contributed by atoms with Gasteiger partial charge in [0.25, 0.3) is 0 Å². The van der Waals surface area contributed by atoms with Crippen LogP contribution >= 0.6 is 11.6 Å². The number of nitrogens with two attached hydrogens (primary N) is 1. The summed E-state index contributed by atoms with van der Waals surface area (Å²) in [5, 5.41) is 3.54. The molecule has 0 aliphatic rings. The van der Waals surface area contributed by atoms with Gasteiger partial charge in [-0.1, -0.05) is 17.7 Å². The number of rotatable bonds is 6. The van der Waals surface area contributed by atoms with Gasteiger partial charge in [-0.15, -0.1) is 0 Å². The van der Waals surface area contributed by atoms with Crippen LogP contribution in [0.5, 0.6) is 11.5 Å². The minimum atomic E-state index is -0.583. The number of amides is 1. The van der Waals surface area contributed by atoms with E-state index < -0.39 is 5.91 Å². The molecule has 2 aromatic carbocycles.